The Morgan fingerprint density at radius 3 is 1.20 bits per heavy atom. The van der Waals surface area contributed by atoms with Crippen LogP contribution in [0.3, 0.4) is 0 Å². The smallest absolute Gasteiger partial charge is 0.145 e. The molecule has 4 aromatic rings. The maximum atomic E-state index is 9.18. The molecule has 0 atom stereocenters. The van der Waals surface area contributed by atoms with E-state index in [4.69, 9.17) is 9.47 Å². The van der Waals surface area contributed by atoms with Gasteiger partial charge in [0.15, 0.2) is 0 Å². The van der Waals surface area contributed by atoms with Gasteiger partial charge in [0, 0.05) is 0 Å². The average Bonchev–Trinajstić information content (AvgIpc) is 2.81. The van der Waals surface area contributed by atoms with Crippen molar-refractivity contribution in [2.75, 3.05) is 0 Å². The van der Waals surface area contributed by atoms with Gasteiger partial charge in [-0.1, -0.05) is 48.5 Å². The fourth-order valence-corrected chi connectivity index (χ4v) is 2.98. The molecule has 142 valence electrons. The first-order valence-corrected chi connectivity index (χ1v) is 9.31. The number of para-hydroxylation sites is 2. The minimum absolute atomic E-state index is 0.495. The monoisotopic (exact) mass is 388 g/mol. The molecular formula is C26H16N2O2. The van der Waals surface area contributed by atoms with Crippen LogP contribution in [0.25, 0.3) is 11.1 Å². The predicted octanol–water partition coefficient (Wildman–Crippen LogP) is 6.68. The summed E-state index contributed by atoms with van der Waals surface area (Å²) in [6.45, 7) is 0. The van der Waals surface area contributed by atoms with Crippen LogP contribution in [0, 0.1) is 22.7 Å². The van der Waals surface area contributed by atoms with Crippen molar-refractivity contribution in [2.45, 2.75) is 0 Å². The van der Waals surface area contributed by atoms with Gasteiger partial charge in [-0.3, -0.25) is 0 Å². The Morgan fingerprint density at radius 2 is 0.833 bits per heavy atom. The predicted molar refractivity (Wildman–Crippen MR) is 114 cm³/mol. The molecule has 0 bridgehead atoms. The number of nitrogens with zero attached hydrogens (tertiary/aromatic N) is 2. The molecule has 0 N–H and O–H groups in total. The van der Waals surface area contributed by atoms with Crippen molar-refractivity contribution in [1.82, 2.24) is 0 Å². The van der Waals surface area contributed by atoms with Gasteiger partial charge >= 0.3 is 0 Å². The largest absolute Gasteiger partial charge is 0.456 e. The Morgan fingerprint density at radius 1 is 0.467 bits per heavy atom. The number of hydrogen-bond donors (Lipinski definition) is 0. The van der Waals surface area contributed by atoms with Crippen molar-refractivity contribution in [3.63, 3.8) is 0 Å². The minimum Gasteiger partial charge on any atom is -0.456 e. The van der Waals surface area contributed by atoms with Gasteiger partial charge in [-0.2, -0.15) is 10.5 Å². The molecule has 0 aliphatic heterocycles. The highest BCUT2D eigenvalue weighted by molar-refractivity contribution is 5.65. The summed E-state index contributed by atoms with van der Waals surface area (Å²) in [4.78, 5) is 0. The maximum Gasteiger partial charge on any atom is 0.145 e. The second-order valence-corrected chi connectivity index (χ2v) is 6.47. The Balaban J connectivity index is 1.48. The summed E-state index contributed by atoms with van der Waals surface area (Å²) in [6.07, 6.45) is 0. The van der Waals surface area contributed by atoms with E-state index in [0.29, 0.717) is 34.1 Å². The van der Waals surface area contributed by atoms with Gasteiger partial charge < -0.3 is 9.47 Å². The Labute approximate surface area is 174 Å². The Hall–Kier alpha value is -4.54. The fraction of sp³-hybridized carbons (Fsp3) is 0. The second-order valence-electron chi connectivity index (χ2n) is 6.47. The fourth-order valence-electron chi connectivity index (χ4n) is 2.98. The molecule has 0 saturated carbocycles. The lowest BCUT2D eigenvalue weighted by atomic mass is 10.1. The van der Waals surface area contributed by atoms with Crippen LogP contribution in [-0.2, 0) is 0 Å². The van der Waals surface area contributed by atoms with Crippen LogP contribution in [0.1, 0.15) is 11.1 Å². The first-order chi connectivity index (χ1) is 14.8. The highest BCUT2D eigenvalue weighted by atomic mass is 16.5. The number of ether oxygens (including phenoxy) is 2. The molecule has 0 aromatic heterocycles. The lowest BCUT2D eigenvalue weighted by Gasteiger charge is -2.10. The van der Waals surface area contributed by atoms with E-state index >= 15 is 0 Å². The maximum absolute atomic E-state index is 9.18. The van der Waals surface area contributed by atoms with E-state index < -0.39 is 0 Å². The second kappa shape index (κ2) is 8.65. The van der Waals surface area contributed by atoms with Gasteiger partial charge in [0.1, 0.15) is 35.1 Å². The van der Waals surface area contributed by atoms with E-state index in [2.05, 4.69) is 12.1 Å². The molecule has 0 radical (unpaired) electrons. The summed E-state index contributed by atoms with van der Waals surface area (Å²) in [5, 5.41) is 18.4. The van der Waals surface area contributed by atoms with Crippen LogP contribution in [0.2, 0.25) is 0 Å². The van der Waals surface area contributed by atoms with Gasteiger partial charge in [-0.05, 0) is 59.7 Å². The third-order valence-electron chi connectivity index (χ3n) is 4.51. The van der Waals surface area contributed by atoms with Crippen LogP contribution >= 0.6 is 0 Å². The van der Waals surface area contributed by atoms with E-state index in [1.807, 2.05) is 60.7 Å². The number of benzene rings is 4. The number of rotatable bonds is 5. The van der Waals surface area contributed by atoms with Gasteiger partial charge in [0.25, 0.3) is 0 Å². The third kappa shape index (κ3) is 4.14. The van der Waals surface area contributed by atoms with Crippen LogP contribution in [0.4, 0.5) is 0 Å². The lowest BCUT2D eigenvalue weighted by molar-refractivity contribution is 0.480. The normalized spacial score (nSPS) is 9.93. The zero-order valence-electron chi connectivity index (χ0n) is 15.9. The molecule has 0 unspecified atom stereocenters. The zero-order valence-corrected chi connectivity index (χ0v) is 15.9. The molecule has 0 amide bonds. The zero-order chi connectivity index (χ0) is 20.8. The SMILES string of the molecule is N#Cc1ccccc1Oc1ccc(-c2ccc(Oc3ccccc3C#N)cc2)cc1. The van der Waals surface area contributed by atoms with E-state index in [0.717, 1.165) is 11.1 Å². The number of hydrogen-bond acceptors (Lipinski definition) is 4. The first kappa shape index (κ1) is 18.8. The molecular weight excluding hydrogens is 372 g/mol. The quantitative estimate of drug-likeness (QED) is 0.382. The summed E-state index contributed by atoms with van der Waals surface area (Å²) in [5.74, 6) is 2.39. The van der Waals surface area contributed by atoms with E-state index in [-0.39, 0.29) is 0 Å². The van der Waals surface area contributed by atoms with Gasteiger partial charge in [0.05, 0.1) is 11.1 Å². The molecule has 0 spiro atoms. The molecule has 0 saturated heterocycles. The molecule has 30 heavy (non-hydrogen) atoms. The van der Waals surface area contributed by atoms with Gasteiger partial charge in [-0.25, -0.2) is 0 Å². The van der Waals surface area contributed by atoms with Crippen molar-refractivity contribution in [2.24, 2.45) is 0 Å². The minimum atomic E-state index is 0.495. The van der Waals surface area contributed by atoms with Gasteiger partial charge in [-0.15, -0.1) is 0 Å². The molecule has 4 aromatic carbocycles. The molecule has 4 rings (SSSR count). The van der Waals surface area contributed by atoms with Crippen molar-refractivity contribution < 1.29 is 9.47 Å². The van der Waals surface area contributed by atoms with Crippen molar-refractivity contribution >= 4 is 0 Å². The molecule has 4 nitrogen and oxygen atoms in total. The molecule has 0 aliphatic rings. The van der Waals surface area contributed by atoms with Crippen LogP contribution < -0.4 is 9.47 Å². The summed E-state index contributed by atoms with van der Waals surface area (Å²) in [7, 11) is 0. The highest BCUT2D eigenvalue weighted by Crippen LogP contribution is 2.30. The Kier molecular flexibility index (Phi) is 5.42. The summed E-state index contributed by atoms with van der Waals surface area (Å²) < 4.78 is 11.7. The summed E-state index contributed by atoms with van der Waals surface area (Å²) in [6, 6.07) is 33.9. The highest BCUT2D eigenvalue weighted by Gasteiger charge is 2.06. The first-order valence-electron chi connectivity index (χ1n) is 9.31. The van der Waals surface area contributed by atoms with Crippen molar-refractivity contribution in [3.05, 3.63) is 108 Å². The van der Waals surface area contributed by atoms with Crippen LogP contribution in [-0.4, -0.2) is 0 Å². The topological polar surface area (TPSA) is 66.0 Å². The van der Waals surface area contributed by atoms with E-state index in [1.54, 1.807) is 36.4 Å². The molecule has 0 fully saturated rings. The summed E-state index contributed by atoms with van der Waals surface area (Å²) in [5.41, 5.74) is 3.05. The number of nitriles is 2. The lowest BCUT2D eigenvalue weighted by Crippen LogP contribution is -1.89. The molecule has 4 heteroatoms. The third-order valence-corrected chi connectivity index (χ3v) is 4.51. The van der Waals surface area contributed by atoms with Crippen molar-refractivity contribution in [1.29, 1.82) is 10.5 Å². The Bertz CT molecular complexity index is 1150. The average molecular weight is 388 g/mol. The van der Waals surface area contributed by atoms with E-state index in [9.17, 15) is 10.5 Å². The van der Waals surface area contributed by atoms with Crippen LogP contribution in [0.5, 0.6) is 23.0 Å². The standard InChI is InChI=1S/C26H16N2O2/c27-17-21-5-1-3-7-25(21)29-23-13-9-19(10-14-23)20-11-15-24(16-12-20)30-26-8-4-2-6-22(26)18-28/h1-16H. The van der Waals surface area contributed by atoms with E-state index in [1.165, 1.54) is 0 Å². The molecule has 0 heterocycles. The summed E-state index contributed by atoms with van der Waals surface area (Å²) >= 11 is 0. The molecule has 0 aliphatic carbocycles. The van der Waals surface area contributed by atoms with Crippen molar-refractivity contribution in [3.8, 4) is 46.3 Å². The van der Waals surface area contributed by atoms with Crippen LogP contribution in [0.15, 0.2) is 97.1 Å². The van der Waals surface area contributed by atoms with Gasteiger partial charge in [0.2, 0.25) is 0 Å².